The van der Waals surface area contributed by atoms with Crippen molar-refractivity contribution in [2.24, 2.45) is 0 Å². The maximum Gasteiger partial charge on any atom is 0.217 e. The molecular weight excluding hydrogens is 428 g/mol. The average Bonchev–Trinajstić information content (AvgIpc) is 3.13. The van der Waals surface area contributed by atoms with E-state index in [0.29, 0.717) is 22.1 Å². The molecule has 0 unspecified atom stereocenters. The lowest BCUT2D eigenvalue weighted by Gasteiger charge is -2.33. The maximum absolute atomic E-state index is 13.3. The number of nitrogens with one attached hydrogen (secondary N) is 1. The average molecular weight is 456 g/mol. The topological polar surface area (TPSA) is 68.3 Å². The number of nitrogens with zero attached hydrogens (tertiary/aromatic N) is 1. The lowest BCUT2D eigenvalue weighted by molar-refractivity contribution is 0.400. The van der Waals surface area contributed by atoms with Gasteiger partial charge in [0.05, 0.1) is 22.7 Å². The van der Waals surface area contributed by atoms with Crippen molar-refractivity contribution < 1.29 is 13.2 Å². The van der Waals surface area contributed by atoms with E-state index in [2.05, 4.69) is 34.6 Å². The molecule has 1 aromatic heterocycles. The van der Waals surface area contributed by atoms with Crippen LogP contribution in [-0.2, 0) is 16.3 Å². The summed E-state index contributed by atoms with van der Waals surface area (Å²) >= 11 is 1.22. The molecule has 1 aliphatic rings. The molecular formula is C24H27N2O3S2. The third-order valence-corrected chi connectivity index (χ3v) is 9.08. The van der Waals surface area contributed by atoms with Gasteiger partial charge in [0.2, 0.25) is 9.84 Å². The van der Waals surface area contributed by atoms with E-state index in [1.807, 2.05) is 13.0 Å². The molecule has 5 nitrogen and oxygen atoms in total. The first kappa shape index (κ1) is 22.0. The Kier molecular flexibility index (Phi) is 6.46. The molecule has 0 saturated carbocycles. The van der Waals surface area contributed by atoms with Crippen molar-refractivity contribution in [1.82, 2.24) is 10.3 Å². The quantitative estimate of drug-likeness (QED) is 0.576. The Bertz CT molecular complexity index is 1160. The largest absolute Gasteiger partial charge is 0.496 e. The number of aromatic nitrogens is 1. The monoisotopic (exact) mass is 455 g/mol. The molecule has 1 N–H and O–H groups in total. The number of thiazole rings is 1. The lowest BCUT2D eigenvalue weighted by atomic mass is 9.82. The first-order valence-corrected chi connectivity index (χ1v) is 12.7. The van der Waals surface area contributed by atoms with Crippen LogP contribution >= 0.6 is 11.3 Å². The van der Waals surface area contributed by atoms with Gasteiger partial charge in [-0.3, -0.25) is 0 Å². The Morgan fingerprint density at radius 3 is 2.61 bits per heavy atom. The van der Waals surface area contributed by atoms with Crippen LogP contribution in [0.3, 0.4) is 0 Å². The zero-order chi connectivity index (χ0) is 22.0. The van der Waals surface area contributed by atoms with Gasteiger partial charge in [-0.2, -0.15) is 0 Å². The molecule has 2 aromatic carbocycles. The predicted octanol–water partition coefficient (Wildman–Crippen LogP) is 4.84. The van der Waals surface area contributed by atoms with Crippen LogP contribution in [0.5, 0.6) is 5.75 Å². The highest BCUT2D eigenvalue weighted by Crippen LogP contribution is 2.37. The van der Waals surface area contributed by atoms with Crippen molar-refractivity contribution in [2.45, 2.75) is 48.3 Å². The summed E-state index contributed by atoms with van der Waals surface area (Å²) in [6.07, 6.45) is 2.73. The Labute approximate surface area is 188 Å². The van der Waals surface area contributed by atoms with E-state index in [1.54, 1.807) is 32.2 Å². The fraction of sp³-hybridized carbons (Fsp3) is 0.333. The second-order valence-corrected chi connectivity index (χ2v) is 11.2. The molecule has 31 heavy (non-hydrogen) atoms. The van der Waals surface area contributed by atoms with Gasteiger partial charge in [-0.25, -0.2) is 13.4 Å². The van der Waals surface area contributed by atoms with Crippen LogP contribution in [0, 0.1) is 19.8 Å². The molecule has 1 saturated heterocycles. The van der Waals surface area contributed by atoms with E-state index < -0.39 is 9.84 Å². The second kappa shape index (κ2) is 9.10. The second-order valence-electron chi connectivity index (χ2n) is 7.82. The summed E-state index contributed by atoms with van der Waals surface area (Å²) in [5, 5.41) is 4.37. The van der Waals surface area contributed by atoms with Crippen LogP contribution in [0.4, 0.5) is 0 Å². The number of methoxy groups -OCH3 is 1. The summed E-state index contributed by atoms with van der Waals surface area (Å²) < 4.78 is 32.5. The summed E-state index contributed by atoms with van der Waals surface area (Å²) in [6, 6.07) is 15.7. The third kappa shape index (κ3) is 4.54. The number of ether oxygens (including phenoxy) is 1. The Hall–Kier alpha value is -2.22. The van der Waals surface area contributed by atoms with E-state index in [1.165, 1.54) is 22.8 Å². The summed E-state index contributed by atoms with van der Waals surface area (Å²) in [6.45, 7) is 4.54. The molecule has 1 atom stereocenters. The van der Waals surface area contributed by atoms with Crippen LogP contribution < -0.4 is 10.1 Å². The third-order valence-electron chi connectivity index (χ3n) is 5.65. The number of hydrogen-bond donors (Lipinski definition) is 1. The number of hydrogen-bond acceptors (Lipinski definition) is 6. The van der Waals surface area contributed by atoms with Gasteiger partial charge in [0, 0.05) is 12.0 Å². The summed E-state index contributed by atoms with van der Waals surface area (Å²) in [7, 11) is -2.00. The van der Waals surface area contributed by atoms with Gasteiger partial charge >= 0.3 is 0 Å². The van der Waals surface area contributed by atoms with Crippen molar-refractivity contribution in [3.05, 3.63) is 76.3 Å². The lowest BCUT2D eigenvalue weighted by Crippen LogP contribution is -2.34. The maximum atomic E-state index is 13.3. The molecule has 0 spiro atoms. The molecule has 0 amide bonds. The standard InChI is InChI=1S/C24H27N2O3S2/c1-16-24(30-17(2)26-16)31(27,28)21-11-12-22(29-3)20(15-21)14-19-10-7-13-25-23(19)18-8-5-4-6-9-18/h4-6,8-9,11-12,15,23,25H,7,10,13-14H2,1-3H3/t23-/m1/s1. The first-order valence-electron chi connectivity index (χ1n) is 10.4. The van der Waals surface area contributed by atoms with Gasteiger partial charge in [-0.05, 0) is 69.0 Å². The fourth-order valence-corrected chi connectivity index (χ4v) is 7.14. The number of piperidine rings is 1. The Balaban J connectivity index is 1.69. The molecule has 0 aliphatic carbocycles. The zero-order valence-electron chi connectivity index (χ0n) is 18.0. The number of rotatable bonds is 6. The minimum Gasteiger partial charge on any atom is -0.496 e. The highest BCUT2D eigenvalue weighted by atomic mass is 32.2. The molecule has 3 aromatic rings. The molecule has 1 radical (unpaired) electrons. The molecule has 4 rings (SSSR count). The molecule has 1 aliphatic heterocycles. The highest BCUT2D eigenvalue weighted by molar-refractivity contribution is 7.93. The van der Waals surface area contributed by atoms with Crippen LogP contribution in [0.15, 0.2) is 57.6 Å². The SMILES string of the molecule is COc1ccc(S(=O)(=O)c2sc(C)nc2C)cc1C[C]1CCCN[C@@H]1c1ccccc1. The van der Waals surface area contributed by atoms with Gasteiger partial charge in [-0.1, -0.05) is 30.3 Å². The number of sulfone groups is 1. The van der Waals surface area contributed by atoms with Gasteiger partial charge in [0.1, 0.15) is 9.96 Å². The van der Waals surface area contributed by atoms with E-state index in [-0.39, 0.29) is 10.9 Å². The highest BCUT2D eigenvalue weighted by Gasteiger charge is 2.29. The molecule has 0 bridgehead atoms. The van der Waals surface area contributed by atoms with Gasteiger partial charge in [-0.15, -0.1) is 11.3 Å². The molecule has 2 heterocycles. The predicted molar refractivity (Wildman–Crippen MR) is 123 cm³/mol. The smallest absolute Gasteiger partial charge is 0.217 e. The van der Waals surface area contributed by atoms with E-state index in [0.717, 1.165) is 30.0 Å². The first-order chi connectivity index (χ1) is 14.9. The zero-order valence-corrected chi connectivity index (χ0v) is 19.6. The molecule has 1 fully saturated rings. The van der Waals surface area contributed by atoms with Crippen LogP contribution in [0.1, 0.15) is 40.7 Å². The minimum absolute atomic E-state index is 0.159. The summed E-state index contributed by atoms with van der Waals surface area (Å²) in [5.41, 5.74) is 2.67. The van der Waals surface area contributed by atoms with Crippen LogP contribution in [0.25, 0.3) is 0 Å². The fourth-order valence-electron chi connectivity index (χ4n) is 4.21. The number of benzene rings is 2. The van der Waals surface area contributed by atoms with Crippen molar-refractivity contribution in [1.29, 1.82) is 0 Å². The van der Waals surface area contributed by atoms with Crippen LogP contribution in [0.2, 0.25) is 0 Å². The molecule has 7 heteroatoms. The summed E-state index contributed by atoms with van der Waals surface area (Å²) in [4.78, 5) is 4.59. The van der Waals surface area contributed by atoms with Crippen LogP contribution in [-0.4, -0.2) is 27.1 Å². The normalized spacial score (nSPS) is 17.6. The van der Waals surface area contributed by atoms with Crippen molar-refractivity contribution in [3.8, 4) is 5.75 Å². The van der Waals surface area contributed by atoms with Crippen molar-refractivity contribution in [3.63, 3.8) is 0 Å². The summed E-state index contributed by atoms with van der Waals surface area (Å²) in [5.74, 6) is 2.05. The van der Waals surface area contributed by atoms with E-state index in [9.17, 15) is 8.42 Å². The van der Waals surface area contributed by atoms with E-state index >= 15 is 0 Å². The van der Waals surface area contributed by atoms with Gasteiger partial charge < -0.3 is 10.1 Å². The van der Waals surface area contributed by atoms with Crippen molar-refractivity contribution >= 4 is 21.2 Å². The van der Waals surface area contributed by atoms with Gasteiger partial charge in [0.15, 0.2) is 0 Å². The van der Waals surface area contributed by atoms with Crippen molar-refractivity contribution in [2.75, 3.05) is 13.7 Å². The molecule has 163 valence electrons. The van der Waals surface area contributed by atoms with E-state index in [4.69, 9.17) is 4.74 Å². The Morgan fingerprint density at radius 2 is 1.94 bits per heavy atom. The Morgan fingerprint density at radius 1 is 1.16 bits per heavy atom. The number of aryl methyl sites for hydroxylation is 2. The minimum atomic E-state index is -3.63. The van der Waals surface area contributed by atoms with Gasteiger partial charge in [0.25, 0.3) is 0 Å².